The lowest BCUT2D eigenvalue weighted by atomic mass is 9.98. The predicted octanol–water partition coefficient (Wildman–Crippen LogP) is 3.29. The standard InChI is InChI=1S/C16H24N2/c1-2-13-7-3-4-8-14(13)17-15-10-12-18-11-6-5-9-16(15)18/h3-4,7-8,15-17H,2,5-6,9-12H2,1H3. The van der Waals surface area contributed by atoms with Gasteiger partial charge >= 0.3 is 0 Å². The zero-order chi connectivity index (χ0) is 12.4. The third-order valence-electron chi connectivity index (χ3n) is 4.60. The largest absolute Gasteiger partial charge is 0.380 e. The minimum Gasteiger partial charge on any atom is -0.380 e. The minimum atomic E-state index is 0.665. The van der Waals surface area contributed by atoms with E-state index in [1.165, 1.54) is 50.0 Å². The summed E-state index contributed by atoms with van der Waals surface area (Å²) in [4.78, 5) is 2.69. The molecule has 0 aliphatic carbocycles. The van der Waals surface area contributed by atoms with Crippen molar-refractivity contribution in [2.24, 2.45) is 0 Å². The Kier molecular flexibility index (Phi) is 3.55. The molecule has 0 saturated carbocycles. The average molecular weight is 244 g/mol. The maximum Gasteiger partial charge on any atom is 0.0429 e. The van der Waals surface area contributed by atoms with Crippen LogP contribution in [0.5, 0.6) is 0 Å². The maximum atomic E-state index is 3.82. The third kappa shape index (κ3) is 2.26. The summed E-state index contributed by atoms with van der Waals surface area (Å²) in [6.07, 6.45) is 6.61. The van der Waals surface area contributed by atoms with Crippen LogP contribution in [0.4, 0.5) is 5.69 Å². The quantitative estimate of drug-likeness (QED) is 0.877. The minimum absolute atomic E-state index is 0.665. The molecular weight excluding hydrogens is 220 g/mol. The van der Waals surface area contributed by atoms with Crippen molar-refractivity contribution < 1.29 is 0 Å². The van der Waals surface area contributed by atoms with Crippen molar-refractivity contribution in [1.29, 1.82) is 0 Å². The van der Waals surface area contributed by atoms with Gasteiger partial charge in [-0.15, -0.1) is 0 Å². The molecule has 2 unspecified atom stereocenters. The number of anilines is 1. The fourth-order valence-corrected chi connectivity index (χ4v) is 3.58. The molecule has 2 heterocycles. The van der Waals surface area contributed by atoms with Crippen molar-refractivity contribution in [1.82, 2.24) is 4.90 Å². The molecule has 2 atom stereocenters. The first-order valence-electron chi connectivity index (χ1n) is 7.47. The highest BCUT2D eigenvalue weighted by atomic mass is 15.2. The van der Waals surface area contributed by atoms with E-state index in [2.05, 4.69) is 41.4 Å². The zero-order valence-electron chi connectivity index (χ0n) is 11.4. The molecule has 2 aliphatic heterocycles. The molecule has 0 spiro atoms. The molecule has 98 valence electrons. The number of para-hydroxylation sites is 1. The highest BCUT2D eigenvalue weighted by Crippen LogP contribution is 2.30. The summed E-state index contributed by atoms with van der Waals surface area (Å²) in [5.74, 6) is 0. The fourth-order valence-electron chi connectivity index (χ4n) is 3.58. The Hall–Kier alpha value is -1.02. The summed E-state index contributed by atoms with van der Waals surface area (Å²) in [6.45, 7) is 4.84. The van der Waals surface area contributed by atoms with Crippen LogP contribution in [0.25, 0.3) is 0 Å². The molecule has 2 aliphatic rings. The van der Waals surface area contributed by atoms with Gasteiger partial charge in [0.1, 0.15) is 0 Å². The van der Waals surface area contributed by atoms with E-state index in [4.69, 9.17) is 0 Å². The van der Waals surface area contributed by atoms with Gasteiger partial charge in [0.25, 0.3) is 0 Å². The SMILES string of the molecule is CCc1ccccc1NC1CCN2CCCCC12. The van der Waals surface area contributed by atoms with Crippen LogP contribution >= 0.6 is 0 Å². The van der Waals surface area contributed by atoms with Gasteiger partial charge in [0, 0.05) is 24.3 Å². The molecule has 3 rings (SSSR count). The number of fused-ring (bicyclic) bond motifs is 1. The van der Waals surface area contributed by atoms with Crippen LogP contribution in [-0.2, 0) is 6.42 Å². The molecule has 0 radical (unpaired) electrons. The monoisotopic (exact) mass is 244 g/mol. The van der Waals surface area contributed by atoms with E-state index in [0.29, 0.717) is 6.04 Å². The highest BCUT2D eigenvalue weighted by molar-refractivity contribution is 5.52. The van der Waals surface area contributed by atoms with Crippen LogP contribution in [0.15, 0.2) is 24.3 Å². The first-order chi connectivity index (χ1) is 8.88. The number of aryl methyl sites for hydroxylation is 1. The second-order valence-electron chi connectivity index (χ2n) is 5.65. The Bertz CT molecular complexity index is 402. The highest BCUT2D eigenvalue weighted by Gasteiger charge is 2.35. The molecule has 2 saturated heterocycles. The molecular formula is C16H24N2. The van der Waals surface area contributed by atoms with Crippen LogP contribution in [0.3, 0.4) is 0 Å². The summed E-state index contributed by atoms with van der Waals surface area (Å²) in [6, 6.07) is 10.2. The summed E-state index contributed by atoms with van der Waals surface area (Å²) in [5.41, 5.74) is 2.81. The Morgan fingerprint density at radius 2 is 2.06 bits per heavy atom. The Balaban J connectivity index is 1.72. The molecule has 2 heteroatoms. The second kappa shape index (κ2) is 5.31. The Labute approximate surface area is 110 Å². The molecule has 0 aromatic heterocycles. The van der Waals surface area contributed by atoms with Gasteiger partial charge in [0.05, 0.1) is 0 Å². The smallest absolute Gasteiger partial charge is 0.0429 e. The summed E-state index contributed by atoms with van der Waals surface area (Å²) in [5, 5.41) is 3.82. The molecule has 18 heavy (non-hydrogen) atoms. The number of rotatable bonds is 3. The lowest BCUT2D eigenvalue weighted by Gasteiger charge is -2.33. The van der Waals surface area contributed by atoms with Crippen LogP contribution in [-0.4, -0.2) is 30.1 Å². The lowest BCUT2D eigenvalue weighted by Crippen LogP contribution is -2.41. The van der Waals surface area contributed by atoms with Crippen LogP contribution < -0.4 is 5.32 Å². The van der Waals surface area contributed by atoms with Gasteiger partial charge in [-0.05, 0) is 43.9 Å². The molecule has 0 bridgehead atoms. The van der Waals surface area contributed by atoms with E-state index in [1.54, 1.807) is 0 Å². The normalized spacial score (nSPS) is 28.1. The van der Waals surface area contributed by atoms with Crippen molar-refractivity contribution in [2.75, 3.05) is 18.4 Å². The number of nitrogens with one attached hydrogen (secondary N) is 1. The van der Waals surface area contributed by atoms with E-state index in [1.807, 2.05) is 0 Å². The molecule has 2 nitrogen and oxygen atoms in total. The lowest BCUT2D eigenvalue weighted by molar-refractivity contribution is 0.192. The van der Waals surface area contributed by atoms with Gasteiger partial charge in [0.15, 0.2) is 0 Å². The number of hydrogen-bond acceptors (Lipinski definition) is 2. The average Bonchev–Trinajstić information content (AvgIpc) is 2.83. The van der Waals surface area contributed by atoms with E-state index < -0.39 is 0 Å². The third-order valence-corrected chi connectivity index (χ3v) is 4.60. The number of hydrogen-bond donors (Lipinski definition) is 1. The number of benzene rings is 1. The van der Waals surface area contributed by atoms with Crippen molar-refractivity contribution in [3.8, 4) is 0 Å². The van der Waals surface area contributed by atoms with Crippen molar-refractivity contribution in [2.45, 2.75) is 51.1 Å². The Morgan fingerprint density at radius 1 is 1.17 bits per heavy atom. The first kappa shape index (κ1) is 12.0. The molecule has 1 aromatic carbocycles. The van der Waals surface area contributed by atoms with Gasteiger partial charge in [-0.3, -0.25) is 4.90 Å². The van der Waals surface area contributed by atoms with Gasteiger partial charge < -0.3 is 5.32 Å². The van der Waals surface area contributed by atoms with Gasteiger partial charge in [-0.1, -0.05) is 31.5 Å². The molecule has 1 aromatic rings. The van der Waals surface area contributed by atoms with Crippen LogP contribution in [0.1, 0.15) is 38.2 Å². The van der Waals surface area contributed by atoms with E-state index in [0.717, 1.165) is 12.5 Å². The van der Waals surface area contributed by atoms with Crippen LogP contribution in [0.2, 0.25) is 0 Å². The van der Waals surface area contributed by atoms with Crippen molar-refractivity contribution >= 4 is 5.69 Å². The maximum absolute atomic E-state index is 3.82. The van der Waals surface area contributed by atoms with E-state index in [9.17, 15) is 0 Å². The first-order valence-corrected chi connectivity index (χ1v) is 7.47. The molecule has 0 amide bonds. The summed E-state index contributed by atoms with van der Waals surface area (Å²) < 4.78 is 0. The van der Waals surface area contributed by atoms with Crippen molar-refractivity contribution in [3.63, 3.8) is 0 Å². The zero-order valence-corrected chi connectivity index (χ0v) is 11.4. The van der Waals surface area contributed by atoms with Gasteiger partial charge in [-0.25, -0.2) is 0 Å². The van der Waals surface area contributed by atoms with Crippen molar-refractivity contribution in [3.05, 3.63) is 29.8 Å². The van der Waals surface area contributed by atoms with Gasteiger partial charge in [-0.2, -0.15) is 0 Å². The van der Waals surface area contributed by atoms with E-state index in [-0.39, 0.29) is 0 Å². The summed E-state index contributed by atoms with van der Waals surface area (Å²) >= 11 is 0. The van der Waals surface area contributed by atoms with E-state index >= 15 is 0 Å². The number of nitrogens with zero attached hydrogens (tertiary/aromatic N) is 1. The summed E-state index contributed by atoms with van der Waals surface area (Å²) in [7, 11) is 0. The number of piperidine rings is 1. The predicted molar refractivity (Wildman–Crippen MR) is 77.1 cm³/mol. The topological polar surface area (TPSA) is 15.3 Å². The van der Waals surface area contributed by atoms with Gasteiger partial charge in [0.2, 0.25) is 0 Å². The molecule has 1 N–H and O–H groups in total. The fraction of sp³-hybridized carbons (Fsp3) is 0.625. The molecule has 2 fully saturated rings. The second-order valence-corrected chi connectivity index (χ2v) is 5.65. The van der Waals surface area contributed by atoms with Crippen LogP contribution in [0, 0.1) is 0 Å². The Morgan fingerprint density at radius 3 is 2.94 bits per heavy atom.